The molecule has 0 spiro atoms. The Bertz CT molecular complexity index is 963. The van der Waals surface area contributed by atoms with E-state index in [2.05, 4.69) is 10.5 Å². The molecule has 1 saturated heterocycles. The highest BCUT2D eigenvalue weighted by Gasteiger charge is 2.33. The number of urea groups is 1. The second-order valence-electron chi connectivity index (χ2n) is 7.62. The van der Waals surface area contributed by atoms with Gasteiger partial charge in [0.05, 0.1) is 16.2 Å². The fourth-order valence-corrected chi connectivity index (χ4v) is 6.10. The molecule has 8 heteroatoms. The van der Waals surface area contributed by atoms with Crippen LogP contribution < -0.4 is 5.32 Å². The smallest absolute Gasteiger partial charge is 0.322 e. The van der Waals surface area contributed by atoms with Crippen molar-refractivity contribution < 1.29 is 17.7 Å². The van der Waals surface area contributed by atoms with E-state index in [1.807, 2.05) is 13.0 Å². The van der Waals surface area contributed by atoms with Gasteiger partial charge in [0, 0.05) is 18.3 Å². The molecule has 150 valence electrons. The quantitative estimate of drug-likeness (QED) is 0.831. The second kappa shape index (κ2) is 7.58. The molecule has 1 saturated carbocycles. The first-order valence-electron chi connectivity index (χ1n) is 9.80. The molecule has 0 radical (unpaired) electrons. The van der Waals surface area contributed by atoms with Crippen LogP contribution in [-0.2, 0) is 9.84 Å². The summed E-state index contributed by atoms with van der Waals surface area (Å²) in [4.78, 5) is 14.8. The van der Waals surface area contributed by atoms with Crippen LogP contribution in [0.15, 0.2) is 39.8 Å². The Kier molecular flexibility index (Phi) is 5.14. The van der Waals surface area contributed by atoms with E-state index >= 15 is 0 Å². The minimum absolute atomic E-state index is 0.122. The number of likely N-dealkylation sites (tertiary alicyclic amines) is 1. The van der Waals surface area contributed by atoms with E-state index in [-0.39, 0.29) is 22.2 Å². The molecule has 1 aromatic carbocycles. The number of amides is 2. The van der Waals surface area contributed by atoms with Crippen molar-refractivity contribution in [2.75, 3.05) is 11.9 Å². The van der Waals surface area contributed by atoms with Crippen LogP contribution in [0.1, 0.15) is 56.0 Å². The monoisotopic (exact) mass is 403 g/mol. The van der Waals surface area contributed by atoms with Crippen molar-refractivity contribution in [1.29, 1.82) is 0 Å². The summed E-state index contributed by atoms with van der Waals surface area (Å²) in [7, 11) is -3.35. The highest BCUT2D eigenvalue weighted by molar-refractivity contribution is 7.92. The summed E-state index contributed by atoms with van der Waals surface area (Å²) >= 11 is 0. The molecule has 1 aromatic heterocycles. The summed E-state index contributed by atoms with van der Waals surface area (Å²) in [5.74, 6) is 0.715. The van der Waals surface area contributed by atoms with Crippen molar-refractivity contribution in [2.45, 2.75) is 61.6 Å². The van der Waals surface area contributed by atoms with Gasteiger partial charge in [0.2, 0.25) is 0 Å². The van der Waals surface area contributed by atoms with Crippen LogP contribution in [0.25, 0.3) is 0 Å². The Morgan fingerprint density at radius 2 is 1.96 bits per heavy atom. The molecule has 7 nitrogen and oxygen atoms in total. The molecule has 2 fully saturated rings. The van der Waals surface area contributed by atoms with Crippen molar-refractivity contribution >= 4 is 21.6 Å². The zero-order valence-corrected chi connectivity index (χ0v) is 16.7. The van der Waals surface area contributed by atoms with Gasteiger partial charge in [-0.15, -0.1) is 0 Å². The number of nitrogens with zero attached hydrogens (tertiary/aromatic N) is 2. The average molecular weight is 404 g/mol. The largest absolute Gasteiger partial charge is 0.361 e. The second-order valence-corrected chi connectivity index (χ2v) is 9.85. The summed E-state index contributed by atoms with van der Waals surface area (Å²) in [6.45, 7) is 2.45. The van der Waals surface area contributed by atoms with Crippen LogP contribution in [0.3, 0.4) is 0 Å². The predicted octanol–water partition coefficient (Wildman–Crippen LogP) is 4.07. The normalized spacial score (nSPS) is 20.6. The molecule has 1 aliphatic carbocycles. The van der Waals surface area contributed by atoms with Crippen LogP contribution in [0.2, 0.25) is 0 Å². The number of carbonyl (C=O) groups excluding carboxylic acids is 1. The molecule has 1 unspecified atom stereocenters. The standard InChI is InChI=1S/C20H25N3O4S/c1-14-12-18(22-27-14)19-10-5-11-23(19)20(24)21-15-6-4-9-17(13-15)28(25,26)16-7-2-3-8-16/h4,6,9,12-13,16,19H,2-3,5,7-8,10-11H2,1H3,(H,21,24). The van der Waals surface area contributed by atoms with Crippen LogP contribution in [-0.4, -0.2) is 36.3 Å². The maximum atomic E-state index is 12.8. The van der Waals surface area contributed by atoms with Gasteiger partial charge in [0.15, 0.2) is 9.84 Å². The fraction of sp³-hybridized carbons (Fsp3) is 0.500. The minimum Gasteiger partial charge on any atom is -0.361 e. The van der Waals surface area contributed by atoms with Crippen LogP contribution >= 0.6 is 0 Å². The van der Waals surface area contributed by atoms with Crippen molar-refractivity contribution in [1.82, 2.24) is 10.1 Å². The molecule has 2 aromatic rings. The van der Waals surface area contributed by atoms with Gasteiger partial charge in [-0.1, -0.05) is 24.1 Å². The van der Waals surface area contributed by atoms with E-state index in [0.29, 0.717) is 30.8 Å². The van der Waals surface area contributed by atoms with Gasteiger partial charge in [0.25, 0.3) is 0 Å². The highest BCUT2D eigenvalue weighted by Crippen LogP contribution is 2.33. The summed E-state index contributed by atoms with van der Waals surface area (Å²) < 4.78 is 30.8. The number of rotatable bonds is 4. The van der Waals surface area contributed by atoms with Crippen molar-refractivity contribution in [3.05, 3.63) is 41.8 Å². The van der Waals surface area contributed by atoms with Crippen molar-refractivity contribution in [2.24, 2.45) is 0 Å². The van der Waals surface area contributed by atoms with Gasteiger partial charge < -0.3 is 14.7 Å². The van der Waals surface area contributed by atoms with Gasteiger partial charge in [-0.05, 0) is 50.8 Å². The lowest BCUT2D eigenvalue weighted by molar-refractivity contribution is 0.204. The average Bonchev–Trinajstić information content (AvgIpc) is 3.43. The fourth-order valence-electron chi connectivity index (χ4n) is 4.20. The number of aromatic nitrogens is 1. The topological polar surface area (TPSA) is 92.5 Å². The maximum absolute atomic E-state index is 12.8. The molecule has 2 amide bonds. The molecule has 1 atom stereocenters. The predicted molar refractivity (Wildman–Crippen MR) is 105 cm³/mol. The van der Waals surface area contributed by atoms with E-state index in [4.69, 9.17) is 4.52 Å². The molecule has 1 aliphatic heterocycles. The third kappa shape index (κ3) is 3.65. The van der Waals surface area contributed by atoms with Crippen LogP contribution in [0, 0.1) is 6.92 Å². The zero-order chi connectivity index (χ0) is 19.7. The number of hydrogen-bond donors (Lipinski definition) is 1. The van der Waals surface area contributed by atoms with Gasteiger partial charge in [-0.25, -0.2) is 13.2 Å². The molecule has 0 bridgehead atoms. The molecular formula is C20H25N3O4S. The number of carbonyl (C=O) groups is 1. The number of sulfone groups is 1. The first kappa shape index (κ1) is 19.0. The van der Waals surface area contributed by atoms with Gasteiger partial charge in [-0.3, -0.25) is 0 Å². The van der Waals surface area contributed by atoms with E-state index in [9.17, 15) is 13.2 Å². The van der Waals surface area contributed by atoms with Crippen molar-refractivity contribution in [3.8, 4) is 0 Å². The van der Waals surface area contributed by atoms with Gasteiger partial charge >= 0.3 is 6.03 Å². The Labute approximate surface area is 165 Å². The molecule has 4 rings (SSSR count). The lowest BCUT2D eigenvalue weighted by Gasteiger charge is -2.23. The zero-order valence-electron chi connectivity index (χ0n) is 15.9. The molecule has 2 heterocycles. The Morgan fingerprint density at radius 3 is 2.68 bits per heavy atom. The highest BCUT2D eigenvalue weighted by atomic mass is 32.2. The van der Waals surface area contributed by atoms with Crippen LogP contribution in [0.4, 0.5) is 10.5 Å². The Hall–Kier alpha value is -2.35. The third-order valence-corrected chi connectivity index (χ3v) is 7.92. The summed E-state index contributed by atoms with van der Waals surface area (Å²) in [5.41, 5.74) is 1.24. The summed E-state index contributed by atoms with van der Waals surface area (Å²) in [6.07, 6.45) is 5.06. The number of hydrogen-bond acceptors (Lipinski definition) is 5. The van der Waals surface area contributed by atoms with Gasteiger partial charge in [0.1, 0.15) is 11.5 Å². The lowest BCUT2D eigenvalue weighted by atomic mass is 10.1. The molecular weight excluding hydrogens is 378 g/mol. The summed E-state index contributed by atoms with van der Waals surface area (Å²) in [5, 5.41) is 6.60. The Balaban J connectivity index is 1.50. The summed E-state index contributed by atoms with van der Waals surface area (Å²) in [6, 6.07) is 8.06. The minimum atomic E-state index is -3.35. The molecule has 1 N–H and O–H groups in total. The first-order valence-corrected chi connectivity index (χ1v) is 11.3. The van der Waals surface area contributed by atoms with Crippen LogP contribution in [0.5, 0.6) is 0 Å². The van der Waals surface area contributed by atoms with Crippen molar-refractivity contribution in [3.63, 3.8) is 0 Å². The number of benzene rings is 1. The van der Waals surface area contributed by atoms with Gasteiger partial charge in [-0.2, -0.15) is 0 Å². The first-order chi connectivity index (χ1) is 13.4. The van der Waals surface area contributed by atoms with E-state index in [0.717, 1.165) is 31.4 Å². The SMILES string of the molecule is Cc1cc(C2CCCN2C(=O)Nc2cccc(S(=O)(=O)C3CCCC3)c2)no1. The van der Waals surface area contributed by atoms with E-state index in [1.165, 1.54) is 0 Å². The number of nitrogens with one attached hydrogen (secondary N) is 1. The lowest BCUT2D eigenvalue weighted by Crippen LogP contribution is -2.34. The third-order valence-electron chi connectivity index (χ3n) is 5.66. The maximum Gasteiger partial charge on any atom is 0.322 e. The Morgan fingerprint density at radius 1 is 1.18 bits per heavy atom. The molecule has 28 heavy (non-hydrogen) atoms. The van der Waals surface area contributed by atoms with E-state index < -0.39 is 9.84 Å². The number of aryl methyl sites for hydroxylation is 1. The number of anilines is 1. The van der Waals surface area contributed by atoms with E-state index in [1.54, 1.807) is 29.2 Å². The molecule has 2 aliphatic rings.